The highest BCUT2D eigenvalue weighted by Gasteiger charge is 2.15. The van der Waals surface area contributed by atoms with E-state index in [2.05, 4.69) is 27.7 Å². The van der Waals surface area contributed by atoms with Crippen LogP contribution in [0.2, 0.25) is 0 Å². The molecule has 114 valence electrons. The highest BCUT2D eigenvalue weighted by Crippen LogP contribution is 2.23. The summed E-state index contributed by atoms with van der Waals surface area (Å²) in [6.45, 7) is 8.87. The maximum Gasteiger partial charge on any atom is 0.303 e. The van der Waals surface area contributed by atoms with Gasteiger partial charge in [0.25, 0.3) is 0 Å². The Hall–Kier alpha value is -0.530. The molecule has 0 fully saturated rings. The van der Waals surface area contributed by atoms with Crippen LogP contribution in [0.15, 0.2) is 0 Å². The van der Waals surface area contributed by atoms with Crippen LogP contribution in [0, 0.1) is 17.8 Å². The molecule has 0 saturated heterocycles. The normalized spacial score (nSPS) is 16.0. The Bertz CT molecular complexity index is 225. The van der Waals surface area contributed by atoms with Gasteiger partial charge in [0.1, 0.15) is 0 Å². The van der Waals surface area contributed by atoms with Crippen LogP contribution in [0.5, 0.6) is 0 Å². The zero-order chi connectivity index (χ0) is 14.7. The predicted molar refractivity (Wildman–Crippen MR) is 82.4 cm³/mol. The molecule has 0 rings (SSSR count). The van der Waals surface area contributed by atoms with Crippen LogP contribution >= 0.6 is 0 Å². The van der Waals surface area contributed by atoms with Gasteiger partial charge in [-0.3, -0.25) is 4.79 Å². The van der Waals surface area contributed by atoms with Crippen molar-refractivity contribution in [3.05, 3.63) is 0 Å². The lowest BCUT2D eigenvalue weighted by Gasteiger charge is -2.19. The van der Waals surface area contributed by atoms with Crippen molar-refractivity contribution >= 4 is 5.97 Å². The second-order valence-corrected chi connectivity index (χ2v) is 6.44. The summed E-state index contributed by atoms with van der Waals surface area (Å²) < 4.78 is 0. The van der Waals surface area contributed by atoms with E-state index in [0.717, 1.165) is 5.92 Å². The lowest BCUT2D eigenvalue weighted by Crippen LogP contribution is -2.13. The van der Waals surface area contributed by atoms with Gasteiger partial charge >= 0.3 is 5.97 Å². The van der Waals surface area contributed by atoms with Crippen molar-refractivity contribution in [1.29, 1.82) is 0 Å². The summed E-state index contributed by atoms with van der Waals surface area (Å²) in [7, 11) is 0. The quantitative estimate of drug-likeness (QED) is 0.475. The van der Waals surface area contributed by atoms with Crippen molar-refractivity contribution in [2.75, 3.05) is 0 Å². The SMILES string of the molecule is CCCCCCC(C)CCCC(C)C(C)CC(=O)O. The molecule has 1 N–H and O–H groups in total. The van der Waals surface area contributed by atoms with Gasteiger partial charge in [-0.1, -0.05) is 79.1 Å². The van der Waals surface area contributed by atoms with Crippen LogP contribution in [0.25, 0.3) is 0 Å². The Balaban J connectivity index is 3.57. The van der Waals surface area contributed by atoms with Gasteiger partial charge in [0.2, 0.25) is 0 Å². The number of hydrogen-bond acceptors (Lipinski definition) is 1. The van der Waals surface area contributed by atoms with Crippen molar-refractivity contribution < 1.29 is 9.90 Å². The average molecular weight is 270 g/mol. The molecular weight excluding hydrogens is 236 g/mol. The van der Waals surface area contributed by atoms with Crippen LogP contribution in [-0.2, 0) is 4.79 Å². The molecule has 2 heteroatoms. The largest absolute Gasteiger partial charge is 0.481 e. The summed E-state index contributed by atoms with van der Waals surface area (Å²) in [5.41, 5.74) is 0. The van der Waals surface area contributed by atoms with E-state index in [1.807, 2.05) is 0 Å². The van der Waals surface area contributed by atoms with E-state index < -0.39 is 5.97 Å². The van der Waals surface area contributed by atoms with Crippen LogP contribution in [0.3, 0.4) is 0 Å². The summed E-state index contributed by atoms with van der Waals surface area (Å²) in [5.74, 6) is 1.00. The van der Waals surface area contributed by atoms with Gasteiger partial charge in [-0.25, -0.2) is 0 Å². The van der Waals surface area contributed by atoms with Gasteiger partial charge in [0.05, 0.1) is 0 Å². The Kier molecular flexibility index (Phi) is 11.0. The Morgan fingerprint density at radius 2 is 1.53 bits per heavy atom. The van der Waals surface area contributed by atoms with Gasteiger partial charge in [0, 0.05) is 6.42 Å². The summed E-state index contributed by atoms with van der Waals surface area (Å²) in [6, 6.07) is 0. The molecule has 3 atom stereocenters. The van der Waals surface area contributed by atoms with E-state index in [9.17, 15) is 4.79 Å². The predicted octanol–water partition coefficient (Wildman–Crippen LogP) is 5.51. The molecule has 0 saturated carbocycles. The summed E-state index contributed by atoms with van der Waals surface area (Å²) >= 11 is 0. The minimum absolute atomic E-state index is 0.303. The van der Waals surface area contributed by atoms with Crippen LogP contribution in [0.1, 0.15) is 85.5 Å². The molecule has 0 spiro atoms. The third kappa shape index (κ3) is 11.0. The van der Waals surface area contributed by atoms with Gasteiger partial charge < -0.3 is 5.11 Å². The second kappa shape index (κ2) is 11.3. The van der Waals surface area contributed by atoms with E-state index in [1.54, 1.807) is 0 Å². The molecule has 0 amide bonds. The van der Waals surface area contributed by atoms with Crippen LogP contribution < -0.4 is 0 Å². The average Bonchev–Trinajstić information content (AvgIpc) is 2.33. The molecular formula is C17H34O2. The maximum absolute atomic E-state index is 10.7. The molecule has 0 heterocycles. The van der Waals surface area contributed by atoms with E-state index >= 15 is 0 Å². The summed E-state index contributed by atoms with van der Waals surface area (Å²) in [6.07, 6.45) is 10.8. The molecule has 0 aliphatic heterocycles. The fourth-order valence-corrected chi connectivity index (χ4v) is 2.61. The molecule has 0 aliphatic rings. The second-order valence-electron chi connectivity index (χ2n) is 6.44. The molecule has 0 radical (unpaired) electrons. The van der Waals surface area contributed by atoms with Gasteiger partial charge in [-0.05, 0) is 17.8 Å². The highest BCUT2D eigenvalue weighted by atomic mass is 16.4. The number of carboxylic acid groups (broad SMARTS) is 1. The van der Waals surface area contributed by atoms with E-state index in [4.69, 9.17) is 5.11 Å². The van der Waals surface area contributed by atoms with Crippen LogP contribution in [0.4, 0.5) is 0 Å². The van der Waals surface area contributed by atoms with Crippen molar-refractivity contribution in [2.24, 2.45) is 17.8 Å². The monoisotopic (exact) mass is 270 g/mol. The first-order valence-corrected chi connectivity index (χ1v) is 8.19. The van der Waals surface area contributed by atoms with Gasteiger partial charge in [0.15, 0.2) is 0 Å². The van der Waals surface area contributed by atoms with E-state index in [0.29, 0.717) is 18.3 Å². The molecule has 0 aromatic rings. The standard InChI is InChI=1S/C17H34O2/c1-5-6-7-8-10-14(2)11-9-12-15(3)16(4)13-17(18)19/h14-16H,5-13H2,1-4H3,(H,18,19). The third-order valence-corrected chi connectivity index (χ3v) is 4.37. The molecule has 3 unspecified atom stereocenters. The highest BCUT2D eigenvalue weighted by molar-refractivity contribution is 5.66. The Morgan fingerprint density at radius 3 is 2.11 bits per heavy atom. The van der Waals surface area contributed by atoms with Crippen molar-refractivity contribution in [2.45, 2.75) is 85.5 Å². The number of rotatable bonds is 12. The topological polar surface area (TPSA) is 37.3 Å². The molecule has 19 heavy (non-hydrogen) atoms. The smallest absolute Gasteiger partial charge is 0.303 e. The number of carbonyl (C=O) groups is 1. The minimum atomic E-state index is -0.663. The van der Waals surface area contributed by atoms with Crippen molar-refractivity contribution in [1.82, 2.24) is 0 Å². The Labute approximate surface area is 120 Å². The third-order valence-electron chi connectivity index (χ3n) is 4.37. The first-order chi connectivity index (χ1) is 8.97. The summed E-state index contributed by atoms with van der Waals surface area (Å²) in [4.78, 5) is 10.7. The van der Waals surface area contributed by atoms with Crippen molar-refractivity contribution in [3.63, 3.8) is 0 Å². The lowest BCUT2D eigenvalue weighted by molar-refractivity contribution is -0.138. The zero-order valence-electron chi connectivity index (χ0n) is 13.5. The number of unbranched alkanes of at least 4 members (excludes halogenated alkanes) is 3. The fourth-order valence-electron chi connectivity index (χ4n) is 2.61. The fraction of sp³-hybridized carbons (Fsp3) is 0.941. The first-order valence-electron chi connectivity index (χ1n) is 8.19. The maximum atomic E-state index is 10.7. The van der Waals surface area contributed by atoms with E-state index in [1.165, 1.54) is 51.4 Å². The molecule has 0 aromatic carbocycles. The van der Waals surface area contributed by atoms with E-state index in [-0.39, 0.29) is 0 Å². The van der Waals surface area contributed by atoms with Gasteiger partial charge in [-0.15, -0.1) is 0 Å². The molecule has 0 aromatic heterocycles. The Morgan fingerprint density at radius 1 is 0.895 bits per heavy atom. The van der Waals surface area contributed by atoms with Crippen LogP contribution in [-0.4, -0.2) is 11.1 Å². The number of aliphatic carboxylic acids is 1. The molecule has 2 nitrogen and oxygen atoms in total. The summed E-state index contributed by atoms with van der Waals surface area (Å²) in [5, 5.41) is 8.79. The number of carboxylic acids is 1. The first kappa shape index (κ1) is 18.5. The lowest BCUT2D eigenvalue weighted by atomic mass is 9.87. The van der Waals surface area contributed by atoms with Crippen molar-refractivity contribution in [3.8, 4) is 0 Å². The zero-order valence-corrected chi connectivity index (χ0v) is 13.5. The van der Waals surface area contributed by atoms with Gasteiger partial charge in [-0.2, -0.15) is 0 Å². The minimum Gasteiger partial charge on any atom is -0.481 e. The molecule has 0 aliphatic carbocycles. The number of hydrogen-bond donors (Lipinski definition) is 1. The molecule has 0 bridgehead atoms.